The number of anilines is 2. The maximum atomic E-state index is 5.70. The second-order valence-electron chi connectivity index (χ2n) is 5.13. The molecule has 0 aromatic carbocycles. The van der Waals surface area contributed by atoms with Crippen molar-refractivity contribution in [1.82, 2.24) is 9.97 Å². The average Bonchev–Trinajstić information content (AvgIpc) is 2.38. The topological polar surface area (TPSA) is 85.1 Å². The van der Waals surface area contributed by atoms with E-state index in [1.807, 2.05) is 6.92 Å². The number of nitrogens with one attached hydrogen (secondary N) is 2. The quantitative estimate of drug-likeness (QED) is 0.541. The van der Waals surface area contributed by atoms with Gasteiger partial charge in [0, 0.05) is 24.1 Å². The average molecular weight is 251 g/mol. The van der Waals surface area contributed by atoms with Gasteiger partial charge in [-0.1, -0.05) is 13.8 Å². The number of aromatic nitrogens is 2. The Labute approximate surface area is 107 Å². The second-order valence-corrected chi connectivity index (χ2v) is 5.13. The zero-order chi connectivity index (χ0) is 13.2. The van der Waals surface area contributed by atoms with Crippen LogP contribution in [0.5, 0.6) is 0 Å². The van der Waals surface area contributed by atoms with Crippen molar-refractivity contribution < 1.29 is 4.74 Å². The third-order valence-electron chi connectivity index (χ3n) is 3.68. The summed E-state index contributed by atoms with van der Waals surface area (Å²) in [6, 6.07) is 2.15. The summed E-state index contributed by atoms with van der Waals surface area (Å²) in [6.07, 6.45) is 2.80. The molecule has 2 rings (SSSR count). The van der Waals surface area contributed by atoms with Gasteiger partial charge in [0.2, 0.25) is 0 Å². The fourth-order valence-electron chi connectivity index (χ4n) is 2.31. The van der Waals surface area contributed by atoms with Crippen molar-refractivity contribution in [3.63, 3.8) is 0 Å². The van der Waals surface area contributed by atoms with Crippen LogP contribution in [0, 0.1) is 5.41 Å². The predicted octanol–water partition coefficient (Wildman–Crippen LogP) is 1.38. The van der Waals surface area contributed by atoms with E-state index in [2.05, 4.69) is 34.6 Å². The van der Waals surface area contributed by atoms with E-state index >= 15 is 0 Å². The van der Waals surface area contributed by atoms with E-state index in [-0.39, 0.29) is 5.41 Å². The molecule has 1 aliphatic rings. The molecule has 0 bridgehead atoms. The van der Waals surface area contributed by atoms with E-state index in [0.29, 0.717) is 18.0 Å². The molecule has 1 heterocycles. The smallest absolute Gasteiger partial charge is 0.145 e. The van der Waals surface area contributed by atoms with Gasteiger partial charge in [-0.2, -0.15) is 0 Å². The molecule has 0 aliphatic heterocycles. The van der Waals surface area contributed by atoms with Gasteiger partial charge in [-0.05, 0) is 13.3 Å². The normalized spacial score (nSPS) is 25.3. The fraction of sp³-hybridized carbons (Fsp3) is 0.667. The van der Waals surface area contributed by atoms with E-state index in [4.69, 9.17) is 10.6 Å². The van der Waals surface area contributed by atoms with Crippen LogP contribution in [0.4, 0.5) is 11.6 Å². The van der Waals surface area contributed by atoms with Gasteiger partial charge in [-0.15, -0.1) is 0 Å². The fourth-order valence-corrected chi connectivity index (χ4v) is 2.31. The molecule has 4 N–H and O–H groups in total. The SMILES string of the molecule is CCOC1CC(Nc2cc(NN)ncn2)C1(C)C. The molecule has 0 spiro atoms. The van der Waals surface area contributed by atoms with Crippen molar-refractivity contribution in [2.24, 2.45) is 11.3 Å². The Kier molecular flexibility index (Phi) is 3.68. The van der Waals surface area contributed by atoms with E-state index in [1.165, 1.54) is 6.33 Å². The van der Waals surface area contributed by atoms with E-state index < -0.39 is 0 Å². The minimum Gasteiger partial charge on any atom is -0.378 e. The second kappa shape index (κ2) is 5.07. The van der Waals surface area contributed by atoms with Gasteiger partial charge in [0.25, 0.3) is 0 Å². The lowest BCUT2D eigenvalue weighted by atomic mass is 9.64. The molecule has 18 heavy (non-hydrogen) atoms. The zero-order valence-corrected chi connectivity index (χ0v) is 11.1. The first-order valence-corrected chi connectivity index (χ1v) is 6.24. The third kappa shape index (κ3) is 2.39. The molecule has 1 saturated carbocycles. The van der Waals surface area contributed by atoms with Crippen LogP contribution in [0.2, 0.25) is 0 Å². The van der Waals surface area contributed by atoms with Crippen molar-refractivity contribution in [3.05, 3.63) is 12.4 Å². The summed E-state index contributed by atoms with van der Waals surface area (Å²) < 4.78 is 5.70. The highest BCUT2D eigenvalue weighted by molar-refractivity contribution is 5.47. The first-order chi connectivity index (χ1) is 8.57. The summed E-state index contributed by atoms with van der Waals surface area (Å²) >= 11 is 0. The molecule has 1 aromatic rings. The van der Waals surface area contributed by atoms with Crippen LogP contribution in [0.3, 0.4) is 0 Å². The predicted molar refractivity (Wildman–Crippen MR) is 71.1 cm³/mol. The highest BCUT2D eigenvalue weighted by Crippen LogP contribution is 2.44. The largest absolute Gasteiger partial charge is 0.378 e. The number of nitrogens with two attached hydrogens (primary N) is 1. The van der Waals surface area contributed by atoms with Crippen LogP contribution >= 0.6 is 0 Å². The number of rotatable bonds is 5. The van der Waals surface area contributed by atoms with Gasteiger partial charge in [0.1, 0.15) is 18.0 Å². The standard InChI is InChI=1S/C12H21N5O/c1-4-18-9-5-8(12(9,2)3)16-10-6-11(17-13)15-7-14-10/h6-9H,4-5,13H2,1-3H3,(H2,14,15,16,17). The Balaban J connectivity index is 1.98. The van der Waals surface area contributed by atoms with Gasteiger partial charge < -0.3 is 15.5 Å². The summed E-state index contributed by atoms with van der Waals surface area (Å²) in [7, 11) is 0. The lowest BCUT2D eigenvalue weighted by Crippen LogP contribution is -2.58. The summed E-state index contributed by atoms with van der Waals surface area (Å²) in [6.45, 7) is 7.20. The molecular formula is C12H21N5O. The molecule has 0 amide bonds. The van der Waals surface area contributed by atoms with Gasteiger partial charge in [-0.25, -0.2) is 15.8 Å². The monoisotopic (exact) mass is 251 g/mol. The number of hydrogen-bond donors (Lipinski definition) is 3. The van der Waals surface area contributed by atoms with Crippen LogP contribution in [-0.4, -0.2) is 28.7 Å². The lowest BCUT2D eigenvalue weighted by Gasteiger charge is -2.51. The first kappa shape index (κ1) is 13.0. The van der Waals surface area contributed by atoms with Crippen LogP contribution < -0.4 is 16.6 Å². The Morgan fingerprint density at radius 3 is 2.78 bits per heavy atom. The van der Waals surface area contributed by atoms with Gasteiger partial charge >= 0.3 is 0 Å². The molecule has 2 atom stereocenters. The summed E-state index contributed by atoms with van der Waals surface area (Å²) in [5.74, 6) is 6.71. The highest BCUT2D eigenvalue weighted by Gasteiger charge is 2.49. The number of nitrogens with zero attached hydrogens (tertiary/aromatic N) is 2. The maximum absolute atomic E-state index is 5.70. The number of hydrogen-bond acceptors (Lipinski definition) is 6. The van der Waals surface area contributed by atoms with Crippen molar-refractivity contribution in [3.8, 4) is 0 Å². The Hall–Kier alpha value is -1.40. The van der Waals surface area contributed by atoms with Gasteiger partial charge in [0.15, 0.2) is 0 Å². The third-order valence-corrected chi connectivity index (χ3v) is 3.68. The molecule has 0 saturated heterocycles. The molecule has 2 unspecified atom stereocenters. The van der Waals surface area contributed by atoms with E-state index in [0.717, 1.165) is 18.8 Å². The molecule has 0 radical (unpaired) electrons. The number of hydrazine groups is 1. The van der Waals surface area contributed by atoms with Crippen LogP contribution in [0.25, 0.3) is 0 Å². The summed E-state index contributed by atoms with van der Waals surface area (Å²) in [5, 5.41) is 3.41. The van der Waals surface area contributed by atoms with Crippen molar-refractivity contribution in [1.29, 1.82) is 0 Å². The molecule has 6 nitrogen and oxygen atoms in total. The summed E-state index contributed by atoms with van der Waals surface area (Å²) in [4.78, 5) is 8.16. The van der Waals surface area contributed by atoms with Crippen LogP contribution in [0.1, 0.15) is 27.2 Å². The Bertz CT molecular complexity index is 409. The minimum absolute atomic E-state index is 0.108. The maximum Gasteiger partial charge on any atom is 0.145 e. The van der Waals surface area contributed by atoms with Crippen molar-refractivity contribution >= 4 is 11.6 Å². The summed E-state index contributed by atoms with van der Waals surface area (Å²) in [5.41, 5.74) is 2.62. The molecule has 1 fully saturated rings. The van der Waals surface area contributed by atoms with Crippen LogP contribution in [-0.2, 0) is 4.74 Å². The Morgan fingerprint density at radius 2 is 2.17 bits per heavy atom. The highest BCUT2D eigenvalue weighted by atomic mass is 16.5. The number of ether oxygens (including phenoxy) is 1. The van der Waals surface area contributed by atoms with E-state index in [9.17, 15) is 0 Å². The Morgan fingerprint density at radius 1 is 1.44 bits per heavy atom. The number of nitrogen functional groups attached to an aromatic ring is 1. The first-order valence-electron chi connectivity index (χ1n) is 6.24. The molecule has 1 aromatic heterocycles. The lowest BCUT2D eigenvalue weighted by molar-refractivity contribution is -0.0976. The van der Waals surface area contributed by atoms with Crippen molar-refractivity contribution in [2.75, 3.05) is 17.3 Å². The van der Waals surface area contributed by atoms with Crippen LogP contribution in [0.15, 0.2) is 12.4 Å². The van der Waals surface area contributed by atoms with Gasteiger partial charge in [0.05, 0.1) is 6.10 Å². The van der Waals surface area contributed by atoms with Crippen molar-refractivity contribution in [2.45, 2.75) is 39.3 Å². The zero-order valence-electron chi connectivity index (χ0n) is 11.1. The molecule has 1 aliphatic carbocycles. The minimum atomic E-state index is 0.108. The molecule has 100 valence electrons. The van der Waals surface area contributed by atoms with Gasteiger partial charge in [-0.3, -0.25) is 0 Å². The van der Waals surface area contributed by atoms with E-state index in [1.54, 1.807) is 6.07 Å². The molecule has 6 heteroatoms. The molecular weight excluding hydrogens is 230 g/mol.